The Morgan fingerprint density at radius 1 is 0.979 bits per heavy atom. The predicted molar refractivity (Wildman–Crippen MR) is 176 cm³/mol. The minimum Gasteiger partial charge on any atom is -0.461 e. The monoisotopic (exact) mass is 649 g/mol. The molecule has 1 fully saturated rings. The summed E-state index contributed by atoms with van der Waals surface area (Å²) in [7, 11) is 0. The number of nitrogens with zero attached hydrogens (tertiary/aromatic N) is 2. The lowest BCUT2D eigenvalue weighted by Crippen LogP contribution is -2.56. The van der Waals surface area contributed by atoms with Crippen molar-refractivity contribution in [2.24, 2.45) is 11.8 Å². The molecule has 0 aliphatic carbocycles. The number of ether oxygens (including phenoxy) is 2. The summed E-state index contributed by atoms with van der Waals surface area (Å²) in [5.74, 6) is -2.80. The number of morpholine rings is 1. The first-order valence-corrected chi connectivity index (χ1v) is 16.3. The molecule has 12 heteroatoms. The number of aromatic amines is 1. The average molecular weight is 650 g/mol. The lowest BCUT2D eigenvalue weighted by molar-refractivity contribution is -0.159. The number of aliphatic hydroxyl groups excluding tert-OH is 1. The maximum Gasteiger partial charge on any atom is 0.337 e. The number of imidazole rings is 1. The number of H-pyrrole nitrogens is 1. The molecule has 0 radical (unpaired) electrons. The summed E-state index contributed by atoms with van der Waals surface area (Å²) in [6.07, 6.45) is 1.57. The Kier molecular flexibility index (Phi) is 12.9. The number of amides is 3. The third-order valence-electron chi connectivity index (χ3n) is 8.14. The zero-order valence-electron chi connectivity index (χ0n) is 27.6. The standard InChI is InChI=1S/C35H47N5O7/c1-22(2)16-29(32(42)35(45)47-23(3)4)38-34(44)30(19-27-20-36-21-37-27)39-33(43)26(18-31(41)40-12-14-46-15-13-40)17-25-10-7-9-24-8-5-6-11-28(24)25/h5-11,20-23,26,29-30,32,42H,12-19H2,1-4H3,(H,36,37)(H,38,44)(H,39,43)/t26-,29+,30+,32-/m1/s1. The number of hydrogen-bond donors (Lipinski definition) is 4. The van der Waals surface area contributed by atoms with Gasteiger partial charge in [0.25, 0.3) is 0 Å². The van der Waals surface area contributed by atoms with Crippen LogP contribution >= 0.6 is 0 Å². The molecule has 4 rings (SSSR count). The maximum absolute atomic E-state index is 14.1. The van der Waals surface area contributed by atoms with Gasteiger partial charge in [-0.05, 0) is 48.9 Å². The van der Waals surface area contributed by atoms with Gasteiger partial charge in [0.15, 0.2) is 6.10 Å². The normalized spacial score (nSPS) is 16.0. The lowest BCUT2D eigenvalue weighted by atomic mass is 9.91. The number of nitrogens with one attached hydrogen (secondary N) is 3. The van der Waals surface area contributed by atoms with Crippen LogP contribution in [0.25, 0.3) is 10.8 Å². The molecular formula is C35H47N5O7. The van der Waals surface area contributed by atoms with E-state index in [1.165, 1.54) is 6.33 Å². The van der Waals surface area contributed by atoms with Crippen LogP contribution in [-0.4, -0.2) is 94.3 Å². The van der Waals surface area contributed by atoms with E-state index in [1.54, 1.807) is 24.9 Å². The Bertz CT molecular complexity index is 1480. The number of carbonyl (C=O) groups is 4. The van der Waals surface area contributed by atoms with Crippen molar-refractivity contribution in [1.82, 2.24) is 25.5 Å². The third kappa shape index (κ3) is 10.4. The molecule has 12 nitrogen and oxygen atoms in total. The number of carbonyl (C=O) groups excluding carboxylic acids is 4. The van der Waals surface area contributed by atoms with E-state index in [0.29, 0.717) is 38.4 Å². The van der Waals surface area contributed by atoms with E-state index in [2.05, 4.69) is 20.6 Å². The summed E-state index contributed by atoms with van der Waals surface area (Å²) in [6, 6.07) is 11.7. The van der Waals surface area contributed by atoms with Gasteiger partial charge in [0, 0.05) is 37.8 Å². The van der Waals surface area contributed by atoms with E-state index in [1.807, 2.05) is 56.3 Å². The van der Waals surface area contributed by atoms with Crippen molar-refractivity contribution < 1.29 is 33.8 Å². The van der Waals surface area contributed by atoms with Gasteiger partial charge in [-0.25, -0.2) is 9.78 Å². The van der Waals surface area contributed by atoms with Gasteiger partial charge in [0.2, 0.25) is 17.7 Å². The average Bonchev–Trinajstić information content (AvgIpc) is 3.56. The summed E-state index contributed by atoms with van der Waals surface area (Å²) < 4.78 is 10.6. The van der Waals surface area contributed by atoms with E-state index >= 15 is 0 Å². The van der Waals surface area contributed by atoms with Crippen molar-refractivity contribution >= 4 is 34.5 Å². The van der Waals surface area contributed by atoms with E-state index in [0.717, 1.165) is 16.3 Å². The Hall–Kier alpha value is -4.29. The van der Waals surface area contributed by atoms with Crippen LogP contribution in [0.3, 0.4) is 0 Å². The number of aliphatic hydroxyl groups is 1. The van der Waals surface area contributed by atoms with Gasteiger partial charge in [-0.3, -0.25) is 14.4 Å². The first-order valence-electron chi connectivity index (χ1n) is 16.3. The largest absolute Gasteiger partial charge is 0.461 e. The second-order valence-electron chi connectivity index (χ2n) is 12.8. The molecule has 1 aliphatic rings. The van der Waals surface area contributed by atoms with Crippen molar-refractivity contribution in [3.8, 4) is 0 Å². The smallest absolute Gasteiger partial charge is 0.337 e. The predicted octanol–water partition coefficient (Wildman–Crippen LogP) is 2.54. The molecule has 4 N–H and O–H groups in total. The van der Waals surface area contributed by atoms with Crippen molar-refractivity contribution in [3.63, 3.8) is 0 Å². The van der Waals surface area contributed by atoms with Crippen LogP contribution in [-0.2, 0) is 41.5 Å². The molecule has 3 aromatic rings. The molecule has 254 valence electrons. The van der Waals surface area contributed by atoms with E-state index < -0.39 is 48.0 Å². The lowest BCUT2D eigenvalue weighted by Gasteiger charge is -2.30. The molecular weight excluding hydrogens is 602 g/mol. The molecule has 0 saturated carbocycles. The van der Waals surface area contributed by atoms with Gasteiger partial charge in [-0.2, -0.15) is 0 Å². The second-order valence-corrected chi connectivity index (χ2v) is 12.8. The van der Waals surface area contributed by atoms with Gasteiger partial charge in [-0.15, -0.1) is 0 Å². The molecule has 2 heterocycles. The van der Waals surface area contributed by atoms with Crippen LogP contribution in [0, 0.1) is 11.8 Å². The zero-order valence-corrected chi connectivity index (χ0v) is 27.6. The number of hydrogen-bond acceptors (Lipinski definition) is 8. The van der Waals surface area contributed by atoms with Crippen LogP contribution < -0.4 is 10.6 Å². The van der Waals surface area contributed by atoms with E-state index in [4.69, 9.17) is 9.47 Å². The van der Waals surface area contributed by atoms with Crippen LogP contribution in [0.4, 0.5) is 0 Å². The molecule has 47 heavy (non-hydrogen) atoms. The summed E-state index contributed by atoms with van der Waals surface area (Å²) in [4.78, 5) is 62.7. The summed E-state index contributed by atoms with van der Waals surface area (Å²) in [5.41, 5.74) is 1.51. The fraction of sp³-hybridized carbons (Fsp3) is 0.514. The van der Waals surface area contributed by atoms with E-state index in [-0.39, 0.29) is 31.1 Å². The van der Waals surface area contributed by atoms with Crippen molar-refractivity contribution in [2.45, 2.75) is 77.7 Å². The molecule has 0 bridgehead atoms. The van der Waals surface area contributed by atoms with Crippen LogP contribution in [0.5, 0.6) is 0 Å². The van der Waals surface area contributed by atoms with Crippen molar-refractivity contribution in [2.75, 3.05) is 26.3 Å². The van der Waals surface area contributed by atoms with Crippen LogP contribution in [0.1, 0.15) is 51.8 Å². The molecule has 3 amide bonds. The van der Waals surface area contributed by atoms with E-state index in [9.17, 15) is 24.3 Å². The maximum atomic E-state index is 14.1. The Morgan fingerprint density at radius 3 is 2.38 bits per heavy atom. The highest BCUT2D eigenvalue weighted by molar-refractivity contribution is 5.92. The molecule has 1 saturated heterocycles. The fourth-order valence-corrected chi connectivity index (χ4v) is 5.79. The molecule has 4 atom stereocenters. The number of benzene rings is 2. The number of fused-ring (bicyclic) bond motifs is 1. The highest BCUT2D eigenvalue weighted by Gasteiger charge is 2.34. The Labute approximate surface area is 275 Å². The Morgan fingerprint density at radius 2 is 1.70 bits per heavy atom. The fourth-order valence-electron chi connectivity index (χ4n) is 5.79. The summed E-state index contributed by atoms with van der Waals surface area (Å²) >= 11 is 0. The number of aromatic nitrogens is 2. The van der Waals surface area contributed by atoms with Crippen LogP contribution in [0.15, 0.2) is 55.0 Å². The van der Waals surface area contributed by atoms with Gasteiger partial charge in [0.05, 0.1) is 37.6 Å². The first-order chi connectivity index (χ1) is 22.5. The second kappa shape index (κ2) is 17.0. The molecule has 0 unspecified atom stereocenters. The molecule has 2 aromatic carbocycles. The molecule has 1 aromatic heterocycles. The van der Waals surface area contributed by atoms with Gasteiger partial charge in [-0.1, -0.05) is 56.3 Å². The zero-order chi connectivity index (χ0) is 33.9. The number of esters is 1. The number of rotatable bonds is 15. The minimum absolute atomic E-state index is 0.0266. The molecule has 1 aliphatic heterocycles. The summed E-state index contributed by atoms with van der Waals surface area (Å²) in [5, 5.41) is 18.6. The Balaban J connectivity index is 1.59. The summed E-state index contributed by atoms with van der Waals surface area (Å²) in [6.45, 7) is 8.94. The minimum atomic E-state index is -1.60. The van der Waals surface area contributed by atoms with Gasteiger partial charge >= 0.3 is 5.97 Å². The third-order valence-corrected chi connectivity index (χ3v) is 8.14. The first kappa shape index (κ1) is 35.6. The van der Waals surface area contributed by atoms with Crippen LogP contribution in [0.2, 0.25) is 0 Å². The van der Waals surface area contributed by atoms with Crippen molar-refractivity contribution in [3.05, 3.63) is 66.2 Å². The van der Waals surface area contributed by atoms with Gasteiger partial charge < -0.3 is 35.1 Å². The highest BCUT2D eigenvalue weighted by Crippen LogP contribution is 2.24. The highest BCUT2D eigenvalue weighted by atomic mass is 16.6. The van der Waals surface area contributed by atoms with Crippen molar-refractivity contribution in [1.29, 1.82) is 0 Å². The SMILES string of the molecule is CC(C)C[C@H](NC(=O)[C@H](Cc1cnc[nH]1)NC(=O)[C@@H](CC(=O)N1CCOCC1)Cc1cccc2ccccc12)[C@@H](O)C(=O)OC(C)C. The molecule has 0 spiro atoms. The topological polar surface area (TPSA) is 163 Å². The van der Waals surface area contributed by atoms with Gasteiger partial charge in [0.1, 0.15) is 6.04 Å². The quantitative estimate of drug-likeness (QED) is 0.183.